The molecule has 1 aromatic carbocycles. The average Bonchev–Trinajstić information content (AvgIpc) is 2.81. The molecule has 0 amide bonds. The van der Waals surface area contributed by atoms with Crippen LogP contribution in [-0.4, -0.2) is 22.8 Å². The van der Waals surface area contributed by atoms with Crippen molar-refractivity contribution < 1.29 is 9.90 Å². The molecule has 116 valence electrons. The van der Waals surface area contributed by atoms with Crippen LogP contribution in [0.5, 0.6) is 0 Å². The number of benzene rings is 1. The summed E-state index contributed by atoms with van der Waals surface area (Å²) in [5.41, 5.74) is 4.07. The first-order chi connectivity index (χ1) is 10.5. The molecule has 1 atom stereocenters. The van der Waals surface area contributed by atoms with E-state index in [0.717, 1.165) is 29.1 Å². The van der Waals surface area contributed by atoms with Gasteiger partial charge in [0.25, 0.3) is 0 Å². The fourth-order valence-corrected chi connectivity index (χ4v) is 2.53. The molecule has 1 heterocycles. The van der Waals surface area contributed by atoms with Crippen molar-refractivity contribution >= 4 is 11.7 Å². The zero-order valence-electron chi connectivity index (χ0n) is 13.1. The summed E-state index contributed by atoms with van der Waals surface area (Å²) in [6, 6.07) is 8.24. The summed E-state index contributed by atoms with van der Waals surface area (Å²) in [5, 5.41) is 12.1. The second-order valence-electron chi connectivity index (χ2n) is 5.67. The van der Waals surface area contributed by atoms with Gasteiger partial charge in [0.1, 0.15) is 5.82 Å². The highest BCUT2D eigenvalue weighted by atomic mass is 16.4. The molecule has 0 saturated heterocycles. The maximum atomic E-state index is 10.6. The highest BCUT2D eigenvalue weighted by Crippen LogP contribution is 2.20. The van der Waals surface area contributed by atoms with Gasteiger partial charge in [-0.2, -0.15) is 0 Å². The van der Waals surface area contributed by atoms with Crippen LogP contribution < -0.4 is 5.32 Å². The monoisotopic (exact) mass is 298 g/mol. The molecule has 0 saturated carbocycles. The molecule has 1 unspecified atom stereocenters. The zero-order valence-corrected chi connectivity index (χ0v) is 13.1. The molecule has 0 bridgehead atoms. The normalized spacial score (nSPS) is 18.3. The predicted molar refractivity (Wildman–Crippen MR) is 89.0 cm³/mol. The summed E-state index contributed by atoms with van der Waals surface area (Å²) in [6.45, 7) is 8.07. The SMILES string of the molecule is C=C/C(=N\C1=C(C)CC(C)N1)c1ccc(CCC(=O)O)cc1. The molecule has 2 rings (SSSR count). The van der Waals surface area contributed by atoms with Crippen LogP contribution in [0.15, 0.2) is 53.3 Å². The molecular weight excluding hydrogens is 276 g/mol. The molecule has 0 aliphatic carbocycles. The minimum Gasteiger partial charge on any atom is -0.481 e. The third-order valence-corrected chi connectivity index (χ3v) is 3.70. The van der Waals surface area contributed by atoms with E-state index in [2.05, 4.69) is 30.7 Å². The van der Waals surface area contributed by atoms with Crippen LogP contribution >= 0.6 is 0 Å². The van der Waals surface area contributed by atoms with Crippen LogP contribution in [0, 0.1) is 0 Å². The lowest BCUT2D eigenvalue weighted by Gasteiger charge is -2.07. The lowest BCUT2D eigenvalue weighted by Crippen LogP contribution is -2.18. The van der Waals surface area contributed by atoms with E-state index in [1.807, 2.05) is 24.3 Å². The number of nitrogens with one attached hydrogen (secondary N) is 1. The minimum absolute atomic E-state index is 0.148. The Labute approximate surface area is 131 Å². The number of nitrogens with zero attached hydrogens (tertiary/aromatic N) is 1. The van der Waals surface area contributed by atoms with E-state index in [0.29, 0.717) is 12.5 Å². The van der Waals surface area contributed by atoms with Crippen molar-refractivity contribution in [2.45, 2.75) is 39.2 Å². The van der Waals surface area contributed by atoms with E-state index in [1.54, 1.807) is 6.08 Å². The first-order valence-electron chi connectivity index (χ1n) is 7.48. The number of carboxylic acid groups (broad SMARTS) is 1. The number of carboxylic acids is 1. The van der Waals surface area contributed by atoms with Crippen molar-refractivity contribution in [3.63, 3.8) is 0 Å². The quantitative estimate of drug-likeness (QED) is 0.792. The van der Waals surface area contributed by atoms with Gasteiger partial charge >= 0.3 is 5.97 Å². The molecule has 0 fully saturated rings. The van der Waals surface area contributed by atoms with E-state index in [-0.39, 0.29) is 6.42 Å². The summed E-state index contributed by atoms with van der Waals surface area (Å²) in [4.78, 5) is 15.3. The molecule has 2 N–H and O–H groups in total. The van der Waals surface area contributed by atoms with E-state index < -0.39 is 5.97 Å². The molecule has 22 heavy (non-hydrogen) atoms. The van der Waals surface area contributed by atoms with Gasteiger partial charge in [0, 0.05) is 18.0 Å². The maximum Gasteiger partial charge on any atom is 0.303 e. The number of carbonyl (C=O) groups is 1. The molecule has 0 aromatic heterocycles. The Morgan fingerprint density at radius 1 is 1.45 bits per heavy atom. The lowest BCUT2D eigenvalue weighted by molar-refractivity contribution is -0.136. The highest BCUT2D eigenvalue weighted by Gasteiger charge is 2.16. The van der Waals surface area contributed by atoms with E-state index in [4.69, 9.17) is 5.11 Å². The number of allylic oxidation sites excluding steroid dienone is 1. The second-order valence-corrected chi connectivity index (χ2v) is 5.67. The van der Waals surface area contributed by atoms with E-state index in [9.17, 15) is 4.79 Å². The van der Waals surface area contributed by atoms with Crippen LogP contribution in [0.3, 0.4) is 0 Å². The van der Waals surface area contributed by atoms with Gasteiger partial charge in [-0.05, 0) is 43.9 Å². The molecule has 0 spiro atoms. The number of aryl methyl sites for hydroxylation is 1. The summed E-state index contributed by atoms with van der Waals surface area (Å²) < 4.78 is 0. The smallest absolute Gasteiger partial charge is 0.303 e. The van der Waals surface area contributed by atoms with Crippen molar-refractivity contribution in [1.82, 2.24) is 5.32 Å². The van der Waals surface area contributed by atoms with Crippen molar-refractivity contribution in [1.29, 1.82) is 0 Å². The summed E-state index contributed by atoms with van der Waals surface area (Å²) in [7, 11) is 0. The average molecular weight is 298 g/mol. The number of aliphatic imine (C=N–C) groups is 1. The fraction of sp³-hybridized carbons (Fsp3) is 0.333. The third-order valence-electron chi connectivity index (χ3n) is 3.70. The van der Waals surface area contributed by atoms with Crippen molar-refractivity contribution in [3.05, 3.63) is 59.4 Å². The Bertz CT molecular complexity index is 627. The van der Waals surface area contributed by atoms with Gasteiger partial charge in [-0.1, -0.05) is 30.8 Å². The fourth-order valence-electron chi connectivity index (χ4n) is 2.53. The van der Waals surface area contributed by atoms with Gasteiger partial charge in [0.05, 0.1) is 5.71 Å². The molecule has 1 aliphatic rings. The first-order valence-corrected chi connectivity index (χ1v) is 7.48. The third kappa shape index (κ3) is 4.07. The standard InChI is InChI=1S/C18H22N2O2/c1-4-16(20-18-12(2)11-13(3)19-18)15-8-5-14(6-9-15)7-10-17(21)22/h4-6,8-9,13,19H,1,7,10-11H2,2-3H3,(H,21,22)/b20-16+. The Balaban J connectivity index is 2.16. The van der Waals surface area contributed by atoms with Gasteiger partial charge in [-0.15, -0.1) is 0 Å². The molecular formula is C18H22N2O2. The number of hydrogen-bond donors (Lipinski definition) is 2. The van der Waals surface area contributed by atoms with Crippen molar-refractivity contribution in [2.75, 3.05) is 0 Å². The van der Waals surface area contributed by atoms with Crippen LogP contribution in [-0.2, 0) is 11.2 Å². The Hall–Kier alpha value is -2.36. The molecule has 1 aromatic rings. The molecule has 4 heteroatoms. The first kappa shape index (κ1) is 16.0. The molecule has 4 nitrogen and oxygen atoms in total. The van der Waals surface area contributed by atoms with Crippen LogP contribution in [0.2, 0.25) is 0 Å². The van der Waals surface area contributed by atoms with Gasteiger partial charge in [0.2, 0.25) is 0 Å². The lowest BCUT2D eigenvalue weighted by atomic mass is 10.0. The van der Waals surface area contributed by atoms with Crippen molar-refractivity contribution in [3.8, 4) is 0 Å². The largest absolute Gasteiger partial charge is 0.481 e. The Morgan fingerprint density at radius 2 is 2.14 bits per heavy atom. The summed E-state index contributed by atoms with van der Waals surface area (Å²) in [6.07, 6.45) is 3.45. The number of hydrogen-bond acceptors (Lipinski definition) is 3. The van der Waals surface area contributed by atoms with E-state index in [1.165, 1.54) is 5.57 Å². The highest BCUT2D eigenvalue weighted by molar-refractivity contribution is 6.08. The Kier molecular flexibility index (Phi) is 5.15. The topological polar surface area (TPSA) is 61.7 Å². The van der Waals surface area contributed by atoms with Gasteiger partial charge < -0.3 is 10.4 Å². The minimum atomic E-state index is -0.777. The van der Waals surface area contributed by atoms with Crippen molar-refractivity contribution in [2.24, 2.45) is 4.99 Å². The van der Waals surface area contributed by atoms with Crippen LogP contribution in [0.4, 0.5) is 0 Å². The summed E-state index contributed by atoms with van der Waals surface area (Å²) in [5.74, 6) is 0.151. The maximum absolute atomic E-state index is 10.6. The van der Waals surface area contributed by atoms with Crippen LogP contribution in [0.1, 0.15) is 37.8 Å². The number of aliphatic carboxylic acids is 1. The Morgan fingerprint density at radius 3 is 2.64 bits per heavy atom. The van der Waals surface area contributed by atoms with Gasteiger partial charge in [-0.25, -0.2) is 4.99 Å². The zero-order chi connectivity index (χ0) is 16.1. The summed E-state index contributed by atoms with van der Waals surface area (Å²) >= 11 is 0. The van der Waals surface area contributed by atoms with Gasteiger partial charge in [-0.3, -0.25) is 4.79 Å². The van der Waals surface area contributed by atoms with Gasteiger partial charge in [0.15, 0.2) is 0 Å². The van der Waals surface area contributed by atoms with E-state index >= 15 is 0 Å². The second kappa shape index (κ2) is 7.07. The molecule has 0 radical (unpaired) electrons. The predicted octanol–water partition coefficient (Wildman–Crippen LogP) is 3.29. The number of rotatable bonds is 6. The van der Waals surface area contributed by atoms with Crippen LogP contribution in [0.25, 0.3) is 0 Å². The molecule has 1 aliphatic heterocycles.